The Kier molecular flexibility index (Phi) is 4.89. The monoisotopic (exact) mass is 357 g/mol. The van der Waals surface area contributed by atoms with Gasteiger partial charge in [-0.05, 0) is 18.2 Å². The molecule has 0 radical (unpaired) electrons. The summed E-state index contributed by atoms with van der Waals surface area (Å²) in [6.45, 7) is 2.56. The molecule has 0 atom stereocenters. The van der Waals surface area contributed by atoms with Crippen LogP contribution in [0.4, 0.5) is 27.8 Å². The molecule has 1 saturated heterocycles. The zero-order valence-corrected chi connectivity index (χ0v) is 13.2. The molecule has 0 unspecified atom stereocenters. The van der Waals surface area contributed by atoms with Crippen molar-refractivity contribution in [2.75, 3.05) is 31.1 Å². The lowest BCUT2D eigenvalue weighted by Crippen LogP contribution is -2.46. The van der Waals surface area contributed by atoms with Crippen molar-refractivity contribution in [3.05, 3.63) is 59.3 Å². The molecule has 1 aromatic carbocycles. The maximum atomic E-state index is 13.7. The van der Waals surface area contributed by atoms with E-state index in [1.807, 2.05) is 9.80 Å². The van der Waals surface area contributed by atoms with Crippen LogP contribution in [0.15, 0.2) is 36.5 Å². The van der Waals surface area contributed by atoms with Crippen molar-refractivity contribution in [2.45, 2.75) is 12.7 Å². The highest BCUT2D eigenvalue weighted by molar-refractivity contribution is 5.40. The van der Waals surface area contributed by atoms with Gasteiger partial charge >= 0.3 is 6.18 Å². The summed E-state index contributed by atoms with van der Waals surface area (Å²) < 4.78 is 64.7. The fourth-order valence-electron chi connectivity index (χ4n) is 2.79. The Hall–Kier alpha value is -2.22. The number of anilines is 1. The predicted octanol–water partition coefficient (Wildman–Crippen LogP) is 3.70. The Labute approximate surface area is 141 Å². The van der Waals surface area contributed by atoms with Gasteiger partial charge in [0.1, 0.15) is 5.82 Å². The molecule has 0 amide bonds. The molecule has 2 heterocycles. The second-order valence-corrected chi connectivity index (χ2v) is 5.88. The number of piperazine rings is 1. The number of alkyl halides is 3. The normalized spacial score (nSPS) is 16.3. The van der Waals surface area contributed by atoms with E-state index in [4.69, 9.17) is 0 Å². The first-order valence-corrected chi connectivity index (χ1v) is 7.78. The molecule has 0 bridgehead atoms. The predicted molar refractivity (Wildman–Crippen MR) is 83.1 cm³/mol. The number of pyridine rings is 1. The second kappa shape index (κ2) is 6.95. The highest BCUT2D eigenvalue weighted by Gasteiger charge is 2.31. The van der Waals surface area contributed by atoms with Crippen LogP contribution < -0.4 is 4.90 Å². The molecule has 1 aromatic heterocycles. The van der Waals surface area contributed by atoms with Gasteiger partial charge in [-0.25, -0.2) is 13.8 Å². The summed E-state index contributed by atoms with van der Waals surface area (Å²) in [5.74, 6) is -1.23. The van der Waals surface area contributed by atoms with Crippen molar-refractivity contribution >= 4 is 5.82 Å². The van der Waals surface area contributed by atoms with Crippen LogP contribution in [0, 0.1) is 11.6 Å². The van der Waals surface area contributed by atoms with Crippen LogP contribution in [-0.4, -0.2) is 36.1 Å². The summed E-state index contributed by atoms with van der Waals surface area (Å²) in [5, 5.41) is 0. The third-order valence-electron chi connectivity index (χ3n) is 4.20. The lowest BCUT2D eigenvalue weighted by atomic mass is 10.1. The standard InChI is InChI=1S/C17H16F5N3/c18-14-3-1-2-12(16(14)19)11-24-6-8-25(9-7-24)15-5-4-13(10-23-15)17(20,21)22/h1-5,10H,6-9,11H2. The van der Waals surface area contributed by atoms with Crippen LogP contribution in [-0.2, 0) is 12.7 Å². The Morgan fingerprint density at radius 2 is 1.68 bits per heavy atom. The van der Waals surface area contributed by atoms with Gasteiger partial charge < -0.3 is 4.90 Å². The SMILES string of the molecule is Fc1cccc(CN2CCN(c3ccc(C(F)(F)F)cn3)CC2)c1F. The van der Waals surface area contributed by atoms with Crippen molar-refractivity contribution in [3.63, 3.8) is 0 Å². The van der Waals surface area contributed by atoms with E-state index in [0.29, 0.717) is 37.6 Å². The van der Waals surface area contributed by atoms with Gasteiger partial charge in [0.15, 0.2) is 11.6 Å². The van der Waals surface area contributed by atoms with E-state index >= 15 is 0 Å². The first-order valence-electron chi connectivity index (χ1n) is 7.78. The Morgan fingerprint density at radius 3 is 2.28 bits per heavy atom. The van der Waals surface area contributed by atoms with E-state index in [9.17, 15) is 22.0 Å². The highest BCUT2D eigenvalue weighted by Crippen LogP contribution is 2.29. The lowest BCUT2D eigenvalue weighted by Gasteiger charge is -2.35. The number of hydrogen-bond acceptors (Lipinski definition) is 3. The van der Waals surface area contributed by atoms with E-state index in [0.717, 1.165) is 18.3 Å². The summed E-state index contributed by atoms with van der Waals surface area (Å²) >= 11 is 0. The Balaban J connectivity index is 1.59. The minimum Gasteiger partial charge on any atom is -0.354 e. The summed E-state index contributed by atoms with van der Waals surface area (Å²) in [5.41, 5.74) is -0.488. The largest absolute Gasteiger partial charge is 0.417 e. The summed E-state index contributed by atoms with van der Waals surface area (Å²) in [7, 11) is 0. The zero-order chi connectivity index (χ0) is 18.0. The minimum atomic E-state index is -4.40. The van der Waals surface area contributed by atoms with Gasteiger partial charge in [0.25, 0.3) is 0 Å². The molecule has 2 aromatic rings. The van der Waals surface area contributed by atoms with Crippen LogP contribution in [0.5, 0.6) is 0 Å². The highest BCUT2D eigenvalue weighted by atomic mass is 19.4. The average molecular weight is 357 g/mol. The number of hydrogen-bond donors (Lipinski definition) is 0. The van der Waals surface area contributed by atoms with Crippen LogP contribution in [0.2, 0.25) is 0 Å². The average Bonchev–Trinajstić information content (AvgIpc) is 2.59. The summed E-state index contributed by atoms with van der Waals surface area (Å²) in [4.78, 5) is 7.73. The first kappa shape index (κ1) is 17.6. The fourth-order valence-corrected chi connectivity index (χ4v) is 2.79. The van der Waals surface area contributed by atoms with Crippen LogP contribution in [0.3, 0.4) is 0 Å². The van der Waals surface area contributed by atoms with E-state index < -0.39 is 23.4 Å². The smallest absolute Gasteiger partial charge is 0.354 e. The number of nitrogens with zero attached hydrogens (tertiary/aromatic N) is 3. The van der Waals surface area contributed by atoms with E-state index in [1.165, 1.54) is 12.1 Å². The molecule has 3 nitrogen and oxygen atoms in total. The Bertz CT molecular complexity index is 722. The van der Waals surface area contributed by atoms with E-state index in [2.05, 4.69) is 4.98 Å². The maximum absolute atomic E-state index is 13.7. The fraction of sp³-hybridized carbons (Fsp3) is 0.353. The van der Waals surface area contributed by atoms with Crippen molar-refractivity contribution < 1.29 is 22.0 Å². The first-order chi connectivity index (χ1) is 11.8. The van der Waals surface area contributed by atoms with Gasteiger partial charge in [-0.2, -0.15) is 13.2 Å². The van der Waals surface area contributed by atoms with Crippen molar-refractivity contribution in [2.24, 2.45) is 0 Å². The molecule has 1 aliphatic heterocycles. The molecule has 3 rings (SSSR count). The van der Waals surface area contributed by atoms with Crippen molar-refractivity contribution in [1.29, 1.82) is 0 Å². The summed E-state index contributed by atoms with van der Waals surface area (Å²) in [6, 6.07) is 6.45. The van der Waals surface area contributed by atoms with Gasteiger partial charge in [-0.1, -0.05) is 12.1 Å². The van der Waals surface area contributed by atoms with Crippen molar-refractivity contribution in [3.8, 4) is 0 Å². The quantitative estimate of drug-likeness (QED) is 0.781. The molecule has 0 saturated carbocycles. The number of benzene rings is 1. The summed E-state index contributed by atoms with van der Waals surface area (Å²) in [6.07, 6.45) is -3.58. The minimum absolute atomic E-state index is 0.290. The second-order valence-electron chi connectivity index (χ2n) is 5.88. The van der Waals surface area contributed by atoms with Gasteiger partial charge in [-0.15, -0.1) is 0 Å². The molecule has 1 aliphatic rings. The molecule has 0 N–H and O–H groups in total. The van der Waals surface area contributed by atoms with Gasteiger partial charge in [0, 0.05) is 44.5 Å². The molecule has 134 valence electrons. The molecule has 1 fully saturated rings. The van der Waals surface area contributed by atoms with Gasteiger partial charge in [0.05, 0.1) is 5.56 Å². The van der Waals surface area contributed by atoms with E-state index in [-0.39, 0.29) is 6.54 Å². The zero-order valence-electron chi connectivity index (χ0n) is 13.2. The van der Waals surface area contributed by atoms with E-state index in [1.54, 1.807) is 6.07 Å². The third kappa shape index (κ3) is 4.07. The molecule has 25 heavy (non-hydrogen) atoms. The number of aromatic nitrogens is 1. The number of rotatable bonds is 3. The third-order valence-corrected chi connectivity index (χ3v) is 4.20. The van der Waals surface area contributed by atoms with Crippen LogP contribution >= 0.6 is 0 Å². The van der Waals surface area contributed by atoms with Crippen molar-refractivity contribution in [1.82, 2.24) is 9.88 Å². The van der Waals surface area contributed by atoms with Gasteiger partial charge in [-0.3, -0.25) is 4.90 Å². The van der Waals surface area contributed by atoms with Gasteiger partial charge in [0.2, 0.25) is 0 Å². The lowest BCUT2D eigenvalue weighted by molar-refractivity contribution is -0.137. The molecule has 8 heteroatoms. The van der Waals surface area contributed by atoms with Crippen LogP contribution in [0.1, 0.15) is 11.1 Å². The molecule has 0 aliphatic carbocycles. The topological polar surface area (TPSA) is 19.4 Å². The maximum Gasteiger partial charge on any atom is 0.417 e. The molecular formula is C17H16F5N3. The van der Waals surface area contributed by atoms with Crippen LogP contribution in [0.25, 0.3) is 0 Å². The number of halogens is 5. The Morgan fingerprint density at radius 1 is 0.960 bits per heavy atom. The molecular weight excluding hydrogens is 341 g/mol. The molecule has 0 spiro atoms.